The predicted octanol–water partition coefficient (Wildman–Crippen LogP) is 0.464. The zero-order valence-electron chi connectivity index (χ0n) is 12.6. The summed E-state index contributed by atoms with van der Waals surface area (Å²) < 4.78 is 7.40. The van der Waals surface area contributed by atoms with Crippen LogP contribution in [0.2, 0.25) is 0 Å². The molecule has 0 saturated heterocycles. The number of anilines is 1. The van der Waals surface area contributed by atoms with Crippen molar-refractivity contribution in [3.8, 4) is 11.5 Å². The summed E-state index contributed by atoms with van der Waals surface area (Å²) in [6.45, 7) is 0.0992. The van der Waals surface area contributed by atoms with Gasteiger partial charge in [-0.15, -0.1) is 11.3 Å². The van der Waals surface area contributed by atoms with E-state index < -0.39 is 0 Å². The molecule has 0 aliphatic heterocycles. The fourth-order valence-corrected chi connectivity index (χ4v) is 2.64. The smallest absolute Gasteiger partial charge is 0.244 e. The van der Waals surface area contributed by atoms with Crippen molar-refractivity contribution in [1.82, 2.24) is 4.57 Å². The highest BCUT2D eigenvalue weighted by atomic mass is 35.5. The molecule has 0 spiro atoms. The molecule has 0 bridgehead atoms. The summed E-state index contributed by atoms with van der Waals surface area (Å²) in [4.78, 5) is 12.5. The Morgan fingerprint density at radius 3 is 2.54 bits per heavy atom. The number of rotatable bonds is 5. The number of para-hydroxylation sites is 3. The van der Waals surface area contributed by atoms with Gasteiger partial charge in [0, 0.05) is 11.6 Å². The standard InChI is InChI=1S/C17H15N3O2S.ClH/c18-17-20(10-11-23-17)12-16(21)19-14-8-4-5-9-15(14)22-13-6-2-1-3-7-13;/h1-11,18H,12H2,(H,19,21);1H/p-1. The molecule has 3 aromatic rings. The molecule has 1 heterocycles. The first-order valence-corrected chi connectivity index (χ1v) is 7.90. The van der Waals surface area contributed by atoms with E-state index in [-0.39, 0.29) is 24.9 Å². The third-order valence-electron chi connectivity index (χ3n) is 3.13. The van der Waals surface area contributed by atoms with Crippen molar-refractivity contribution >= 4 is 22.9 Å². The van der Waals surface area contributed by atoms with Gasteiger partial charge in [-0.3, -0.25) is 10.2 Å². The first-order valence-electron chi connectivity index (χ1n) is 7.03. The number of nitrogens with one attached hydrogen (secondary N) is 2. The zero-order chi connectivity index (χ0) is 16.1. The third kappa shape index (κ3) is 4.47. The number of nitrogens with zero attached hydrogens (tertiary/aromatic N) is 1. The molecule has 0 aliphatic carbocycles. The molecule has 24 heavy (non-hydrogen) atoms. The van der Waals surface area contributed by atoms with Gasteiger partial charge in [0.15, 0.2) is 10.6 Å². The maximum absolute atomic E-state index is 12.2. The monoisotopic (exact) mass is 360 g/mol. The van der Waals surface area contributed by atoms with Gasteiger partial charge >= 0.3 is 0 Å². The number of aromatic nitrogens is 1. The minimum absolute atomic E-state index is 0. The van der Waals surface area contributed by atoms with Gasteiger partial charge in [0.25, 0.3) is 0 Å². The summed E-state index contributed by atoms with van der Waals surface area (Å²) in [6.07, 6.45) is 1.72. The quantitative estimate of drug-likeness (QED) is 0.694. The maximum Gasteiger partial charge on any atom is 0.244 e. The zero-order valence-corrected chi connectivity index (χ0v) is 14.2. The van der Waals surface area contributed by atoms with Gasteiger partial charge in [-0.1, -0.05) is 30.3 Å². The number of carbonyl (C=O) groups is 1. The SMILES string of the molecule is N=c1sccn1CC(=O)Nc1ccccc1Oc1ccccc1.[Cl-]. The van der Waals surface area contributed by atoms with Gasteiger partial charge < -0.3 is 27.0 Å². The molecule has 0 aliphatic rings. The molecule has 1 amide bonds. The highest BCUT2D eigenvalue weighted by Crippen LogP contribution is 2.28. The fraction of sp³-hybridized carbons (Fsp3) is 0.0588. The van der Waals surface area contributed by atoms with Crippen LogP contribution in [0.15, 0.2) is 66.2 Å². The predicted molar refractivity (Wildman–Crippen MR) is 89.8 cm³/mol. The number of benzene rings is 2. The number of carbonyl (C=O) groups excluding carboxylic acids is 1. The molecular weight excluding hydrogens is 346 g/mol. The van der Waals surface area contributed by atoms with E-state index in [0.29, 0.717) is 22.0 Å². The Balaban J connectivity index is 0.00000208. The summed E-state index contributed by atoms with van der Waals surface area (Å²) >= 11 is 1.28. The molecule has 5 nitrogen and oxygen atoms in total. The molecule has 0 fully saturated rings. The lowest BCUT2D eigenvalue weighted by Gasteiger charge is -2.12. The van der Waals surface area contributed by atoms with Crippen LogP contribution < -0.4 is 27.3 Å². The lowest BCUT2D eigenvalue weighted by atomic mass is 10.3. The van der Waals surface area contributed by atoms with E-state index in [1.807, 2.05) is 42.5 Å². The van der Waals surface area contributed by atoms with Crippen molar-refractivity contribution in [2.24, 2.45) is 0 Å². The molecule has 0 atom stereocenters. The van der Waals surface area contributed by atoms with Crippen LogP contribution in [0.1, 0.15) is 0 Å². The van der Waals surface area contributed by atoms with Gasteiger partial charge in [-0.05, 0) is 24.3 Å². The number of hydrogen-bond acceptors (Lipinski definition) is 4. The highest BCUT2D eigenvalue weighted by Gasteiger charge is 2.09. The summed E-state index contributed by atoms with van der Waals surface area (Å²) in [6, 6.07) is 16.7. The Labute approximate surface area is 149 Å². The van der Waals surface area contributed by atoms with Crippen molar-refractivity contribution in [3.63, 3.8) is 0 Å². The van der Waals surface area contributed by atoms with Crippen LogP contribution in [0.4, 0.5) is 5.69 Å². The number of thiazole rings is 1. The van der Waals surface area contributed by atoms with Crippen LogP contribution in [-0.2, 0) is 11.3 Å². The molecule has 0 unspecified atom stereocenters. The molecule has 124 valence electrons. The Bertz CT molecular complexity index is 861. The van der Waals surface area contributed by atoms with Gasteiger partial charge in [0.2, 0.25) is 5.91 Å². The number of hydrogen-bond donors (Lipinski definition) is 2. The Morgan fingerprint density at radius 1 is 1.12 bits per heavy atom. The molecule has 0 saturated carbocycles. The van der Waals surface area contributed by atoms with E-state index >= 15 is 0 Å². The van der Waals surface area contributed by atoms with Crippen LogP contribution in [0.3, 0.4) is 0 Å². The van der Waals surface area contributed by atoms with Crippen LogP contribution in [0, 0.1) is 5.41 Å². The first kappa shape index (κ1) is 17.8. The van der Waals surface area contributed by atoms with Crippen molar-refractivity contribution in [2.75, 3.05) is 5.32 Å². The van der Waals surface area contributed by atoms with Gasteiger partial charge in [-0.2, -0.15) is 0 Å². The summed E-state index contributed by atoms with van der Waals surface area (Å²) in [7, 11) is 0. The molecule has 1 aromatic heterocycles. The van der Waals surface area contributed by atoms with Crippen molar-refractivity contribution < 1.29 is 21.9 Å². The van der Waals surface area contributed by atoms with E-state index in [4.69, 9.17) is 10.1 Å². The lowest BCUT2D eigenvalue weighted by molar-refractivity contribution is -0.116. The molecule has 7 heteroatoms. The van der Waals surface area contributed by atoms with E-state index in [2.05, 4.69) is 5.32 Å². The van der Waals surface area contributed by atoms with Crippen LogP contribution in [0.5, 0.6) is 11.5 Å². The number of amides is 1. The molecule has 0 radical (unpaired) electrons. The minimum atomic E-state index is -0.203. The topological polar surface area (TPSA) is 67.1 Å². The van der Waals surface area contributed by atoms with E-state index in [9.17, 15) is 4.79 Å². The normalized spacial score (nSPS) is 9.83. The van der Waals surface area contributed by atoms with E-state index in [1.54, 1.807) is 28.3 Å². The van der Waals surface area contributed by atoms with E-state index in [0.717, 1.165) is 0 Å². The van der Waals surface area contributed by atoms with Crippen LogP contribution in [-0.4, -0.2) is 10.5 Å². The summed E-state index contributed by atoms with van der Waals surface area (Å²) in [5.74, 6) is 1.08. The highest BCUT2D eigenvalue weighted by molar-refractivity contribution is 7.06. The lowest BCUT2D eigenvalue weighted by Crippen LogP contribution is -3.00. The van der Waals surface area contributed by atoms with Crippen molar-refractivity contribution in [1.29, 1.82) is 5.41 Å². The minimum Gasteiger partial charge on any atom is -1.00 e. The number of halogens is 1. The second-order valence-corrected chi connectivity index (χ2v) is 5.69. The molecular formula is C17H15ClN3O2S-. The summed E-state index contributed by atoms with van der Waals surface area (Å²) in [5, 5.41) is 12.3. The largest absolute Gasteiger partial charge is 1.00 e. The van der Waals surface area contributed by atoms with Gasteiger partial charge in [-0.25, -0.2) is 0 Å². The second kappa shape index (κ2) is 8.33. The Kier molecular flexibility index (Phi) is 6.17. The van der Waals surface area contributed by atoms with Crippen LogP contribution in [0.25, 0.3) is 0 Å². The van der Waals surface area contributed by atoms with Gasteiger partial charge in [0.1, 0.15) is 12.3 Å². The van der Waals surface area contributed by atoms with Crippen molar-refractivity contribution in [2.45, 2.75) is 6.54 Å². The molecule has 2 aromatic carbocycles. The molecule has 3 rings (SSSR count). The summed E-state index contributed by atoms with van der Waals surface area (Å²) in [5.41, 5.74) is 0.601. The van der Waals surface area contributed by atoms with Crippen molar-refractivity contribution in [3.05, 3.63) is 71.0 Å². The van der Waals surface area contributed by atoms with Gasteiger partial charge in [0.05, 0.1) is 5.69 Å². The third-order valence-corrected chi connectivity index (χ3v) is 3.84. The Morgan fingerprint density at radius 2 is 1.83 bits per heavy atom. The first-order chi connectivity index (χ1) is 11.2. The van der Waals surface area contributed by atoms with Crippen LogP contribution >= 0.6 is 11.3 Å². The average molecular weight is 361 g/mol. The fourth-order valence-electron chi connectivity index (χ4n) is 2.05. The maximum atomic E-state index is 12.2. The van der Waals surface area contributed by atoms with E-state index in [1.165, 1.54) is 11.3 Å². The second-order valence-electron chi connectivity index (χ2n) is 4.80. The number of ether oxygens (including phenoxy) is 1. The Hall–Kier alpha value is -2.57. The molecule has 2 N–H and O–H groups in total. The average Bonchev–Trinajstić information content (AvgIpc) is 2.95.